The largest absolute Gasteiger partial charge is 0.362 e. The van der Waals surface area contributed by atoms with Gasteiger partial charge in [0.1, 0.15) is 22.3 Å². The number of hydrogen-bond acceptors (Lipinski definition) is 6. The number of nitrogens with one attached hydrogen (secondary N) is 1. The van der Waals surface area contributed by atoms with Crippen molar-refractivity contribution in [2.24, 2.45) is 0 Å². The quantitative estimate of drug-likeness (QED) is 0.487. The molecule has 29 heavy (non-hydrogen) atoms. The third-order valence-electron chi connectivity index (χ3n) is 5.74. The van der Waals surface area contributed by atoms with Gasteiger partial charge in [0.2, 0.25) is 0 Å². The maximum Gasteiger partial charge on any atom is 0.152 e. The minimum atomic E-state index is 0.514. The van der Waals surface area contributed by atoms with E-state index in [4.69, 9.17) is 9.97 Å². The molecule has 4 aromatic rings. The average molecular weight is 403 g/mol. The number of hydrogen-bond donors (Lipinski definition) is 1. The first-order valence-corrected chi connectivity index (χ1v) is 11.1. The monoisotopic (exact) mass is 402 g/mol. The van der Waals surface area contributed by atoms with E-state index in [1.807, 2.05) is 13.0 Å². The zero-order valence-electron chi connectivity index (χ0n) is 16.3. The van der Waals surface area contributed by atoms with E-state index in [0.29, 0.717) is 18.5 Å². The maximum atomic E-state index is 4.96. The molecule has 2 fully saturated rings. The molecular formula is C22H22N6S. The van der Waals surface area contributed by atoms with Crippen LogP contribution in [0, 0.1) is 6.92 Å². The summed E-state index contributed by atoms with van der Waals surface area (Å²) in [5.74, 6) is 4.39. The molecule has 0 amide bonds. The van der Waals surface area contributed by atoms with Crippen molar-refractivity contribution >= 4 is 27.4 Å². The van der Waals surface area contributed by atoms with Crippen molar-refractivity contribution in [2.75, 3.05) is 5.32 Å². The molecule has 7 heteroatoms. The molecule has 2 aliphatic rings. The highest BCUT2D eigenvalue weighted by atomic mass is 32.1. The van der Waals surface area contributed by atoms with Crippen molar-refractivity contribution in [1.82, 2.24) is 24.7 Å². The Kier molecular flexibility index (Phi) is 3.90. The first-order chi connectivity index (χ1) is 14.3. The summed E-state index contributed by atoms with van der Waals surface area (Å²) in [6.07, 6.45) is 4.82. The van der Waals surface area contributed by atoms with E-state index in [-0.39, 0.29) is 0 Å². The summed E-state index contributed by atoms with van der Waals surface area (Å²) in [5.41, 5.74) is 2.39. The Morgan fingerprint density at radius 1 is 1.07 bits per heavy atom. The van der Waals surface area contributed by atoms with Crippen LogP contribution in [0.1, 0.15) is 55.1 Å². The van der Waals surface area contributed by atoms with Crippen LogP contribution in [0.15, 0.2) is 35.7 Å². The Morgan fingerprint density at radius 2 is 1.90 bits per heavy atom. The predicted molar refractivity (Wildman–Crippen MR) is 115 cm³/mol. The summed E-state index contributed by atoms with van der Waals surface area (Å²) in [4.78, 5) is 10.9. The lowest BCUT2D eigenvalue weighted by Gasteiger charge is -2.12. The van der Waals surface area contributed by atoms with Crippen LogP contribution in [-0.2, 0) is 6.54 Å². The van der Waals surface area contributed by atoms with Gasteiger partial charge in [-0.2, -0.15) is 0 Å². The summed E-state index contributed by atoms with van der Waals surface area (Å²) < 4.78 is 2.28. The Morgan fingerprint density at radius 3 is 2.66 bits per heavy atom. The molecule has 0 radical (unpaired) electrons. The molecule has 0 saturated heterocycles. The Bertz CT molecular complexity index is 1190. The Labute approximate surface area is 173 Å². The molecule has 0 bridgehead atoms. The van der Waals surface area contributed by atoms with Crippen LogP contribution >= 0.6 is 11.3 Å². The molecule has 3 aromatic heterocycles. The number of anilines is 1. The lowest BCUT2D eigenvalue weighted by Crippen LogP contribution is -2.11. The van der Waals surface area contributed by atoms with Crippen molar-refractivity contribution in [3.05, 3.63) is 53.2 Å². The van der Waals surface area contributed by atoms with Crippen molar-refractivity contribution < 1.29 is 0 Å². The van der Waals surface area contributed by atoms with Crippen LogP contribution in [0.5, 0.6) is 0 Å². The molecule has 6 rings (SSSR count). The van der Waals surface area contributed by atoms with Gasteiger partial charge >= 0.3 is 0 Å². The lowest BCUT2D eigenvalue weighted by molar-refractivity contribution is 0.669. The van der Waals surface area contributed by atoms with Crippen LogP contribution in [0.3, 0.4) is 0 Å². The van der Waals surface area contributed by atoms with E-state index in [1.165, 1.54) is 36.8 Å². The summed E-state index contributed by atoms with van der Waals surface area (Å²) in [6.45, 7) is 2.66. The average Bonchev–Trinajstić information content (AvgIpc) is 3.68. The summed E-state index contributed by atoms with van der Waals surface area (Å²) >= 11 is 1.70. The van der Waals surface area contributed by atoms with Gasteiger partial charge in [0, 0.05) is 22.9 Å². The SMILES string of the molecule is Cc1nnc(CNc2nc(C3CC3)nc3scc(-c4ccccc4)c23)n1C1CC1. The molecule has 0 atom stereocenters. The van der Waals surface area contributed by atoms with E-state index in [1.54, 1.807) is 11.3 Å². The number of aromatic nitrogens is 5. The minimum absolute atomic E-state index is 0.514. The second kappa shape index (κ2) is 6.62. The number of thiophene rings is 1. The van der Waals surface area contributed by atoms with Gasteiger partial charge in [-0.1, -0.05) is 30.3 Å². The fourth-order valence-corrected chi connectivity index (χ4v) is 4.90. The molecule has 0 aliphatic heterocycles. The Balaban J connectivity index is 1.42. The van der Waals surface area contributed by atoms with Crippen LogP contribution < -0.4 is 5.32 Å². The van der Waals surface area contributed by atoms with Crippen LogP contribution in [0.2, 0.25) is 0 Å². The minimum Gasteiger partial charge on any atom is -0.362 e. The number of rotatable bonds is 6. The van der Waals surface area contributed by atoms with Crippen molar-refractivity contribution in [1.29, 1.82) is 0 Å². The first kappa shape index (κ1) is 17.1. The molecule has 1 N–H and O–H groups in total. The standard InChI is InChI=1S/C22H22N6S/c1-13-26-27-18(28(13)16-9-10-16)11-23-21-19-17(14-5-3-2-4-6-14)12-29-22(19)25-20(24-21)15-7-8-15/h2-6,12,15-16H,7-11H2,1H3,(H,23,24,25). The number of benzene rings is 1. The van der Waals surface area contributed by atoms with Crippen molar-refractivity contribution in [3.63, 3.8) is 0 Å². The van der Waals surface area contributed by atoms with Gasteiger partial charge in [0.15, 0.2) is 5.82 Å². The second-order valence-electron chi connectivity index (χ2n) is 8.02. The van der Waals surface area contributed by atoms with Gasteiger partial charge in [-0.15, -0.1) is 21.5 Å². The second-order valence-corrected chi connectivity index (χ2v) is 8.88. The predicted octanol–water partition coefficient (Wildman–Crippen LogP) is 5.08. The van der Waals surface area contributed by atoms with Gasteiger partial charge in [0.25, 0.3) is 0 Å². The van der Waals surface area contributed by atoms with Crippen LogP contribution in [0.4, 0.5) is 5.82 Å². The Hall–Kier alpha value is -2.80. The number of nitrogens with zero attached hydrogens (tertiary/aromatic N) is 5. The number of fused-ring (bicyclic) bond motifs is 1. The normalized spacial score (nSPS) is 16.4. The summed E-state index contributed by atoms with van der Waals surface area (Å²) in [6, 6.07) is 11.1. The fourth-order valence-electron chi connectivity index (χ4n) is 3.94. The molecular weight excluding hydrogens is 380 g/mol. The maximum absolute atomic E-state index is 4.96. The van der Waals surface area contributed by atoms with Gasteiger partial charge in [0.05, 0.1) is 11.9 Å². The van der Waals surface area contributed by atoms with Gasteiger partial charge in [-0.3, -0.25) is 0 Å². The fraction of sp³-hybridized carbons (Fsp3) is 0.364. The third-order valence-corrected chi connectivity index (χ3v) is 6.61. The van der Waals surface area contributed by atoms with Crippen LogP contribution in [-0.4, -0.2) is 24.7 Å². The van der Waals surface area contributed by atoms with Gasteiger partial charge in [-0.05, 0) is 38.2 Å². The highest BCUT2D eigenvalue weighted by molar-refractivity contribution is 7.17. The molecule has 0 spiro atoms. The van der Waals surface area contributed by atoms with E-state index in [2.05, 4.69) is 49.7 Å². The van der Waals surface area contributed by atoms with Crippen molar-refractivity contribution in [2.45, 2.75) is 51.1 Å². The zero-order chi connectivity index (χ0) is 19.4. The van der Waals surface area contributed by atoms with Gasteiger partial charge in [-0.25, -0.2) is 9.97 Å². The smallest absolute Gasteiger partial charge is 0.152 e. The summed E-state index contributed by atoms with van der Waals surface area (Å²) in [7, 11) is 0. The van der Waals surface area contributed by atoms with Crippen LogP contribution in [0.25, 0.3) is 21.3 Å². The molecule has 6 nitrogen and oxygen atoms in total. The molecule has 2 aliphatic carbocycles. The van der Waals surface area contributed by atoms with Gasteiger partial charge < -0.3 is 9.88 Å². The molecule has 2 saturated carbocycles. The van der Waals surface area contributed by atoms with E-state index in [9.17, 15) is 0 Å². The topological polar surface area (TPSA) is 68.5 Å². The molecule has 1 aromatic carbocycles. The van der Waals surface area contributed by atoms with Crippen molar-refractivity contribution in [3.8, 4) is 11.1 Å². The highest BCUT2D eigenvalue weighted by Crippen LogP contribution is 2.43. The first-order valence-electron chi connectivity index (χ1n) is 10.3. The van der Waals surface area contributed by atoms with E-state index in [0.717, 1.165) is 33.5 Å². The van der Waals surface area contributed by atoms with E-state index >= 15 is 0 Å². The summed E-state index contributed by atoms with van der Waals surface area (Å²) in [5, 5.41) is 15.6. The molecule has 0 unspecified atom stereocenters. The third kappa shape index (κ3) is 3.09. The zero-order valence-corrected chi connectivity index (χ0v) is 17.1. The number of aryl methyl sites for hydroxylation is 1. The van der Waals surface area contributed by atoms with E-state index < -0.39 is 0 Å². The molecule has 146 valence electrons. The highest BCUT2D eigenvalue weighted by Gasteiger charge is 2.30. The molecule has 3 heterocycles. The lowest BCUT2D eigenvalue weighted by atomic mass is 10.1.